The molecular formula is C58H38N8. The second-order valence-corrected chi connectivity index (χ2v) is 15.6. The van der Waals surface area contributed by atoms with Crippen LogP contribution in [0.3, 0.4) is 0 Å². The summed E-state index contributed by atoms with van der Waals surface area (Å²) in [4.78, 5) is 40.0. The molecule has 0 aliphatic carbocycles. The molecule has 0 N–H and O–H groups in total. The highest BCUT2D eigenvalue weighted by Gasteiger charge is 2.21. The third kappa shape index (κ3) is 8.02. The third-order valence-electron chi connectivity index (χ3n) is 11.4. The first-order valence-corrected chi connectivity index (χ1v) is 21.7. The first-order valence-electron chi connectivity index (χ1n) is 21.7. The van der Waals surface area contributed by atoms with Crippen molar-refractivity contribution in [2.45, 2.75) is 0 Å². The normalized spacial score (nSPS) is 11.0. The van der Waals surface area contributed by atoms with Crippen molar-refractivity contribution in [3.63, 3.8) is 0 Å². The average Bonchev–Trinajstić information content (AvgIpc) is 3.41. The Hall–Kier alpha value is -9.14. The van der Waals surface area contributed by atoms with Crippen molar-refractivity contribution in [3.8, 4) is 113 Å². The van der Waals surface area contributed by atoms with Crippen LogP contribution in [-0.4, -0.2) is 39.9 Å². The molecule has 0 aliphatic rings. The number of benzene rings is 7. The predicted octanol–water partition coefficient (Wildman–Crippen LogP) is 13.5. The molecule has 0 spiro atoms. The lowest BCUT2D eigenvalue weighted by Crippen LogP contribution is -2.02. The fourth-order valence-corrected chi connectivity index (χ4v) is 8.24. The van der Waals surface area contributed by atoms with Crippen LogP contribution < -0.4 is 0 Å². The fraction of sp³-hybridized carbons (Fsp3) is 0. The summed E-state index contributed by atoms with van der Waals surface area (Å²) in [6, 6.07) is 71.4. The van der Waals surface area contributed by atoms with Crippen LogP contribution in [0, 0.1) is 0 Å². The molecule has 0 atom stereocenters. The zero-order valence-corrected chi connectivity index (χ0v) is 35.5. The first-order chi connectivity index (χ1) is 32.7. The SMILES string of the molecule is c1ccc(-c2nc(-c3ccccc3-c3cccnc3)nc(-c3ccccc3-c3ccc(-c4ccccc4-c4nc(-c5ccccc5)nc(-c5ccccc5)n4)c(-c4ccccn4)c3)n2)cc1. The minimum Gasteiger partial charge on any atom is -0.264 e. The van der Waals surface area contributed by atoms with E-state index in [-0.39, 0.29) is 0 Å². The Labute approximate surface area is 382 Å². The van der Waals surface area contributed by atoms with E-state index in [1.54, 1.807) is 6.20 Å². The number of pyridine rings is 2. The van der Waals surface area contributed by atoms with Gasteiger partial charge in [-0.15, -0.1) is 0 Å². The molecule has 0 amide bonds. The molecule has 7 aromatic carbocycles. The molecule has 11 rings (SSSR count). The van der Waals surface area contributed by atoms with Gasteiger partial charge in [0.2, 0.25) is 0 Å². The van der Waals surface area contributed by atoms with Crippen molar-refractivity contribution < 1.29 is 0 Å². The van der Waals surface area contributed by atoms with Crippen molar-refractivity contribution in [2.24, 2.45) is 0 Å². The molecule has 310 valence electrons. The van der Waals surface area contributed by atoms with Crippen molar-refractivity contribution in [3.05, 3.63) is 231 Å². The number of hydrogen-bond donors (Lipinski definition) is 0. The van der Waals surface area contributed by atoms with Crippen LogP contribution >= 0.6 is 0 Å². The number of rotatable bonds is 10. The van der Waals surface area contributed by atoms with Gasteiger partial charge in [0.15, 0.2) is 34.9 Å². The van der Waals surface area contributed by atoms with Crippen LogP contribution in [-0.2, 0) is 0 Å². The smallest absolute Gasteiger partial charge is 0.164 e. The summed E-state index contributed by atoms with van der Waals surface area (Å²) in [6.07, 6.45) is 5.47. The molecule has 0 fully saturated rings. The second kappa shape index (κ2) is 17.9. The third-order valence-corrected chi connectivity index (χ3v) is 11.4. The molecule has 0 unspecified atom stereocenters. The molecule has 0 saturated heterocycles. The van der Waals surface area contributed by atoms with E-state index in [9.17, 15) is 0 Å². The van der Waals surface area contributed by atoms with Crippen LogP contribution in [0.15, 0.2) is 231 Å². The van der Waals surface area contributed by atoms with Gasteiger partial charge in [0, 0.05) is 63.1 Å². The van der Waals surface area contributed by atoms with Gasteiger partial charge in [0.1, 0.15) is 0 Å². The summed E-state index contributed by atoms with van der Waals surface area (Å²) < 4.78 is 0. The minimum absolute atomic E-state index is 0.558. The molecule has 8 heteroatoms. The summed E-state index contributed by atoms with van der Waals surface area (Å²) in [5.41, 5.74) is 12.9. The second-order valence-electron chi connectivity index (χ2n) is 15.6. The Kier molecular flexibility index (Phi) is 10.8. The molecule has 0 saturated carbocycles. The van der Waals surface area contributed by atoms with Gasteiger partial charge < -0.3 is 0 Å². The Balaban J connectivity index is 1.08. The molecule has 11 aromatic rings. The minimum atomic E-state index is 0.558. The number of nitrogens with zero attached hydrogens (tertiary/aromatic N) is 8. The van der Waals surface area contributed by atoms with E-state index in [1.165, 1.54) is 0 Å². The maximum Gasteiger partial charge on any atom is 0.164 e. The van der Waals surface area contributed by atoms with E-state index in [0.717, 1.165) is 78.0 Å². The van der Waals surface area contributed by atoms with Gasteiger partial charge in [-0.3, -0.25) is 9.97 Å². The summed E-state index contributed by atoms with van der Waals surface area (Å²) in [5, 5.41) is 0. The van der Waals surface area contributed by atoms with Gasteiger partial charge >= 0.3 is 0 Å². The number of hydrogen-bond acceptors (Lipinski definition) is 8. The van der Waals surface area contributed by atoms with Crippen LogP contribution in [0.1, 0.15) is 0 Å². The van der Waals surface area contributed by atoms with E-state index in [0.29, 0.717) is 34.9 Å². The topological polar surface area (TPSA) is 103 Å². The Morgan fingerprint density at radius 2 is 0.621 bits per heavy atom. The first kappa shape index (κ1) is 39.7. The Bertz CT molecular complexity index is 3400. The molecular weight excluding hydrogens is 809 g/mol. The maximum atomic E-state index is 5.25. The van der Waals surface area contributed by atoms with Gasteiger partial charge in [-0.2, -0.15) is 0 Å². The summed E-state index contributed by atoms with van der Waals surface area (Å²) >= 11 is 0. The van der Waals surface area contributed by atoms with Crippen molar-refractivity contribution >= 4 is 0 Å². The van der Waals surface area contributed by atoms with Crippen LogP contribution in [0.5, 0.6) is 0 Å². The van der Waals surface area contributed by atoms with Crippen molar-refractivity contribution in [1.29, 1.82) is 0 Å². The Morgan fingerprint density at radius 1 is 0.227 bits per heavy atom. The zero-order valence-electron chi connectivity index (χ0n) is 35.5. The van der Waals surface area contributed by atoms with E-state index in [2.05, 4.69) is 77.8 Å². The highest BCUT2D eigenvalue weighted by molar-refractivity contribution is 5.94. The Morgan fingerprint density at radius 3 is 1.11 bits per heavy atom. The lowest BCUT2D eigenvalue weighted by molar-refractivity contribution is 1.07. The molecule has 0 aliphatic heterocycles. The molecule has 66 heavy (non-hydrogen) atoms. The summed E-state index contributed by atoms with van der Waals surface area (Å²) in [6.45, 7) is 0. The highest BCUT2D eigenvalue weighted by atomic mass is 15.0. The number of aromatic nitrogens is 8. The van der Waals surface area contributed by atoms with Gasteiger partial charge in [-0.05, 0) is 52.1 Å². The lowest BCUT2D eigenvalue weighted by Gasteiger charge is -2.17. The van der Waals surface area contributed by atoms with Crippen LogP contribution in [0.2, 0.25) is 0 Å². The van der Waals surface area contributed by atoms with Gasteiger partial charge in [-0.25, -0.2) is 29.9 Å². The van der Waals surface area contributed by atoms with Crippen LogP contribution in [0.4, 0.5) is 0 Å². The summed E-state index contributed by atoms with van der Waals surface area (Å²) in [5.74, 6) is 3.48. The predicted molar refractivity (Wildman–Crippen MR) is 263 cm³/mol. The molecule has 4 aromatic heterocycles. The standard InChI is InChI=1S/C58H38N8/c1-4-19-39(20-5-1)53-61-54(40-21-6-2-7-22-40)63-58(62-53)50-31-15-12-28-46(50)47-34-33-42(37-51(47)52-32-16-17-36-60-52)44-26-10-13-29-48(44)56-64-55(41-23-8-3-9-24-41)65-57(66-56)49-30-14-11-27-45(49)43-25-18-35-59-38-43/h1-38H. The van der Waals surface area contributed by atoms with Gasteiger partial charge in [-0.1, -0.05) is 188 Å². The van der Waals surface area contributed by atoms with E-state index >= 15 is 0 Å². The monoisotopic (exact) mass is 846 g/mol. The fourth-order valence-electron chi connectivity index (χ4n) is 8.24. The summed E-state index contributed by atoms with van der Waals surface area (Å²) in [7, 11) is 0. The maximum absolute atomic E-state index is 5.25. The van der Waals surface area contributed by atoms with Crippen LogP contribution in [0.25, 0.3) is 113 Å². The highest BCUT2D eigenvalue weighted by Crippen LogP contribution is 2.42. The van der Waals surface area contributed by atoms with Gasteiger partial charge in [0.05, 0.1) is 5.69 Å². The van der Waals surface area contributed by atoms with E-state index in [1.807, 2.05) is 152 Å². The molecule has 0 radical (unpaired) electrons. The molecule has 4 heterocycles. The zero-order chi connectivity index (χ0) is 44.1. The molecule has 0 bridgehead atoms. The van der Waals surface area contributed by atoms with Crippen molar-refractivity contribution in [2.75, 3.05) is 0 Å². The largest absolute Gasteiger partial charge is 0.264 e. The van der Waals surface area contributed by atoms with E-state index < -0.39 is 0 Å². The lowest BCUT2D eigenvalue weighted by atomic mass is 9.89. The van der Waals surface area contributed by atoms with E-state index in [4.69, 9.17) is 34.9 Å². The van der Waals surface area contributed by atoms with Gasteiger partial charge in [0.25, 0.3) is 0 Å². The average molecular weight is 847 g/mol. The quantitative estimate of drug-likeness (QED) is 0.134. The molecule has 8 nitrogen and oxygen atoms in total. The van der Waals surface area contributed by atoms with Crippen molar-refractivity contribution in [1.82, 2.24) is 39.9 Å².